The first-order valence-electron chi connectivity index (χ1n) is 18.1. The molecule has 0 aliphatic heterocycles. The number of para-hydroxylation sites is 5. The number of fused-ring (bicyclic) bond motifs is 14. The minimum absolute atomic E-state index is 1.01. The highest BCUT2D eigenvalue weighted by atomic mass is 15.0. The first-order chi connectivity index (χ1) is 26.3. The number of rotatable bonds is 3. The molecule has 4 nitrogen and oxygen atoms in total. The van der Waals surface area contributed by atoms with Gasteiger partial charge in [-0.2, -0.15) is 0 Å². The maximum Gasteiger partial charge on any atom is 0.0801 e. The zero-order chi connectivity index (χ0) is 34.6. The number of nitrogens with zero attached hydrogens (tertiary/aromatic N) is 4. The molecule has 0 amide bonds. The van der Waals surface area contributed by atoms with Gasteiger partial charge in [0.05, 0.1) is 55.7 Å². The molecule has 0 bridgehead atoms. The Morgan fingerprint density at radius 3 is 1.15 bits per heavy atom. The van der Waals surface area contributed by atoms with Gasteiger partial charge in [-0.1, -0.05) is 115 Å². The van der Waals surface area contributed by atoms with Gasteiger partial charge in [-0.3, -0.25) is 4.98 Å². The van der Waals surface area contributed by atoms with E-state index in [9.17, 15) is 0 Å². The van der Waals surface area contributed by atoms with E-state index < -0.39 is 0 Å². The lowest BCUT2D eigenvalue weighted by Gasteiger charge is -2.18. The largest absolute Gasteiger partial charge is 0.309 e. The van der Waals surface area contributed by atoms with Crippen molar-refractivity contribution in [2.75, 3.05) is 0 Å². The number of aromatic nitrogens is 4. The monoisotopic (exact) mass is 674 g/mol. The summed E-state index contributed by atoms with van der Waals surface area (Å²) in [5.74, 6) is 0. The molecule has 4 heterocycles. The quantitative estimate of drug-likeness (QED) is 0.171. The van der Waals surface area contributed by atoms with Gasteiger partial charge in [0.15, 0.2) is 0 Å². The predicted octanol–water partition coefficient (Wildman–Crippen LogP) is 12.7. The van der Waals surface area contributed by atoms with Crippen molar-refractivity contribution in [2.45, 2.75) is 0 Å². The van der Waals surface area contributed by atoms with Crippen molar-refractivity contribution in [3.8, 4) is 17.1 Å². The molecule has 246 valence electrons. The predicted molar refractivity (Wildman–Crippen MR) is 222 cm³/mol. The highest BCUT2D eigenvalue weighted by molar-refractivity contribution is 6.31. The molecule has 0 N–H and O–H groups in total. The third-order valence-corrected chi connectivity index (χ3v) is 11.2. The fourth-order valence-electron chi connectivity index (χ4n) is 9.12. The number of pyridine rings is 1. The average Bonchev–Trinajstić information content (AvgIpc) is 3.87. The Hall–Kier alpha value is -7.17. The van der Waals surface area contributed by atoms with Crippen molar-refractivity contribution >= 4 is 87.1 Å². The van der Waals surface area contributed by atoms with Crippen molar-refractivity contribution < 1.29 is 0 Å². The van der Waals surface area contributed by atoms with Crippen LogP contribution >= 0.6 is 0 Å². The smallest absolute Gasteiger partial charge is 0.0801 e. The van der Waals surface area contributed by atoms with Crippen LogP contribution in [0.5, 0.6) is 0 Å². The minimum Gasteiger partial charge on any atom is -0.309 e. The second-order valence-electron chi connectivity index (χ2n) is 14.0. The Labute approximate surface area is 304 Å². The molecule has 4 aromatic heterocycles. The maximum absolute atomic E-state index is 5.00. The molecule has 0 radical (unpaired) electrons. The minimum atomic E-state index is 1.01. The lowest BCUT2D eigenvalue weighted by molar-refractivity contribution is 1.10. The van der Waals surface area contributed by atoms with Gasteiger partial charge in [0.2, 0.25) is 0 Å². The molecule has 8 aromatic carbocycles. The first-order valence-corrected chi connectivity index (χ1v) is 18.1. The number of hydrogen-bond acceptors (Lipinski definition) is 1. The van der Waals surface area contributed by atoms with E-state index in [1.807, 2.05) is 6.20 Å². The van der Waals surface area contributed by atoms with Crippen molar-refractivity contribution in [1.29, 1.82) is 0 Å². The fourth-order valence-corrected chi connectivity index (χ4v) is 9.12. The molecule has 0 saturated carbocycles. The van der Waals surface area contributed by atoms with E-state index >= 15 is 0 Å². The summed E-state index contributed by atoms with van der Waals surface area (Å²) in [6.07, 6.45) is 1.91. The van der Waals surface area contributed by atoms with Crippen LogP contribution in [0.2, 0.25) is 0 Å². The van der Waals surface area contributed by atoms with Gasteiger partial charge in [-0.15, -0.1) is 0 Å². The Kier molecular flexibility index (Phi) is 5.74. The molecule has 0 unspecified atom stereocenters. The highest BCUT2D eigenvalue weighted by Crippen LogP contribution is 2.43. The van der Waals surface area contributed by atoms with Gasteiger partial charge in [0, 0.05) is 49.3 Å². The molecule has 0 atom stereocenters. The van der Waals surface area contributed by atoms with E-state index in [2.05, 4.69) is 190 Å². The Bertz CT molecular complexity index is 3230. The maximum atomic E-state index is 5.00. The van der Waals surface area contributed by atoms with E-state index in [4.69, 9.17) is 4.98 Å². The highest BCUT2D eigenvalue weighted by Gasteiger charge is 2.22. The van der Waals surface area contributed by atoms with Crippen molar-refractivity contribution in [3.05, 3.63) is 182 Å². The molecule has 0 saturated heterocycles. The van der Waals surface area contributed by atoms with Crippen LogP contribution in [0.1, 0.15) is 0 Å². The van der Waals surface area contributed by atoms with Gasteiger partial charge in [0.1, 0.15) is 0 Å². The number of benzene rings is 8. The lowest BCUT2D eigenvalue weighted by atomic mass is 10.00. The molecule has 0 spiro atoms. The van der Waals surface area contributed by atoms with Gasteiger partial charge < -0.3 is 13.7 Å². The summed E-state index contributed by atoms with van der Waals surface area (Å²) >= 11 is 0. The molecule has 0 aliphatic carbocycles. The van der Waals surface area contributed by atoms with Crippen LogP contribution in [0, 0.1) is 0 Å². The van der Waals surface area contributed by atoms with Gasteiger partial charge in [-0.25, -0.2) is 0 Å². The third-order valence-electron chi connectivity index (χ3n) is 11.2. The standard InChI is InChI=1S/C49H30N4/c1-2-19-39-38(18-1)47-40-20-7-12-26-46(40)53(49(47)41-21-13-27-50-48(39)41)33-29-31(51-42-22-8-3-14-34(42)35-15-4-9-23-43(35)51)28-32(30-33)52-44-24-10-5-16-36(44)37-17-6-11-25-45(37)52/h1-30H. The van der Waals surface area contributed by atoms with Crippen molar-refractivity contribution in [3.63, 3.8) is 0 Å². The summed E-state index contributed by atoms with van der Waals surface area (Å²) in [5.41, 5.74) is 11.4. The molecular formula is C49H30N4. The van der Waals surface area contributed by atoms with Crippen LogP contribution in [0.15, 0.2) is 182 Å². The average molecular weight is 675 g/mol. The van der Waals surface area contributed by atoms with Crippen LogP contribution in [0.3, 0.4) is 0 Å². The Balaban J connectivity index is 1.30. The lowest BCUT2D eigenvalue weighted by Crippen LogP contribution is -2.03. The van der Waals surface area contributed by atoms with E-state index in [1.54, 1.807) is 0 Å². The normalized spacial score (nSPS) is 12.2. The molecule has 53 heavy (non-hydrogen) atoms. The second kappa shape index (κ2) is 10.7. The SMILES string of the molecule is c1ccc2c(c1)c1ncccc1c1c2c2ccccc2n1-c1cc(-n2c3ccccc3c3ccccc32)cc(-n2c3ccccc3c3ccccc32)c1. The van der Waals surface area contributed by atoms with Crippen LogP contribution in [-0.2, 0) is 0 Å². The zero-order valence-electron chi connectivity index (χ0n) is 28.6. The van der Waals surface area contributed by atoms with Crippen molar-refractivity contribution in [1.82, 2.24) is 18.7 Å². The fraction of sp³-hybridized carbons (Fsp3) is 0. The summed E-state index contributed by atoms with van der Waals surface area (Å²) in [6, 6.07) is 64.1. The Morgan fingerprint density at radius 2 is 0.660 bits per heavy atom. The summed E-state index contributed by atoms with van der Waals surface area (Å²) in [4.78, 5) is 5.00. The Morgan fingerprint density at radius 1 is 0.302 bits per heavy atom. The van der Waals surface area contributed by atoms with Crippen LogP contribution in [0.4, 0.5) is 0 Å². The number of hydrogen-bond donors (Lipinski definition) is 0. The molecular weight excluding hydrogens is 645 g/mol. The van der Waals surface area contributed by atoms with Crippen LogP contribution in [-0.4, -0.2) is 18.7 Å². The summed E-state index contributed by atoms with van der Waals surface area (Å²) < 4.78 is 7.36. The van der Waals surface area contributed by atoms with Crippen molar-refractivity contribution in [2.24, 2.45) is 0 Å². The molecule has 4 heteroatoms. The molecule has 0 aliphatic rings. The van der Waals surface area contributed by atoms with E-state index in [1.165, 1.54) is 70.7 Å². The van der Waals surface area contributed by atoms with Crippen LogP contribution in [0.25, 0.3) is 104 Å². The van der Waals surface area contributed by atoms with E-state index in [0.29, 0.717) is 0 Å². The zero-order valence-corrected chi connectivity index (χ0v) is 28.6. The summed E-state index contributed by atoms with van der Waals surface area (Å²) in [7, 11) is 0. The second-order valence-corrected chi connectivity index (χ2v) is 14.0. The summed E-state index contributed by atoms with van der Waals surface area (Å²) in [6.45, 7) is 0. The molecule has 0 fully saturated rings. The van der Waals surface area contributed by atoms with Gasteiger partial charge in [-0.05, 0) is 66.0 Å². The molecule has 12 aromatic rings. The van der Waals surface area contributed by atoms with Crippen LogP contribution < -0.4 is 0 Å². The topological polar surface area (TPSA) is 27.7 Å². The summed E-state index contributed by atoms with van der Waals surface area (Å²) in [5, 5.41) is 11.0. The third kappa shape index (κ3) is 3.87. The first kappa shape index (κ1) is 28.5. The van der Waals surface area contributed by atoms with E-state index in [-0.39, 0.29) is 0 Å². The molecule has 12 rings (SSSR count). The van der Waals surface area contributed by atoms with Gasteiger partial charge in [0.25, 0.3) is 0 Å². The van der Waals surface area contributed by atoms with Gasteiger partial charge >= 0.3 is 0 Å². The van der Waals surface area contributed by atoms with E-state index in [0.717, 1.165) is 33.5 Å².